The van der Waals surface area contributed by atoms with E-state index in [1.165, 1.54) is 36.4 Å². The molecule has 0 unspecified atom stereocenters. The zero-order valence-corrected chi connectivity index (χ0v) is 49.1. The molecular weight excluding hydrogens is 1140 g/mol. The Bertz CT molecular complexity index is 4420. The van der Waals surface area contributed by atoms with Gasteiger partial charge in [-0.15, -0.1) is 0 Å². The summed E-state index contributed by atoms with van der Waals surface area (Å²) in [4.78, 5) is 83.1. The lowest BCUT2D eigenvalue weighted by Crippen LogP contribution is -2.16. The largest absolute Gasteiger partial charge is 0.423 e. The van der Waals surface area contributed by atoms with Crippen LogP contribution in [0.15, 0.2) is 218 Å². The topological polar surface area (TPSA) is 147 Å². The molecule has 89 heavy (non-hydrogen) atoms. The Balaban J connectivity index is 0.000000170. The number of halogens is 4. The van der Waals surface area contributed by atoms with Crippen molar-refractivity contribution in [2.75, 3.05) is 0 Å². The first-order valence-electron chi connectivity index (χ1n) is 27.6. The van der Waals surface area contributed by atoms with Crippen molar-refractivity contribution in [2.45, 2.75) is 41.5 Å². The Labute approximate surface area is 510 Å². The van der Waals surface area contributed by atoms with Crippen LogP contribution in [0.2, 0.25) is 0 Å². The molecule has 0 heterocycles. The van der Waals surface area contributed by atoms with E-state index in [9.17, 15) is 46.3 Å². The Morgan fingerprint density at radius 3 is 1.11 bits per heavy atom. The number of fused-ring (bicyclic) bond motifs is 2. The van der Waals surface area contributed by atoms with Crippen LogP contribution in [0.3, 0.4) is 0 Å². The van der Waals surface area contributed by atoms with E-state index in [0.717, 1.165) is 54.9 Å². The standard InChI is InChI=1S/2C26H20O3.C22H14F4O3.CH2O/c1-17-3-7-19(8-4-17)25(27)23-12-11-22-16-24(14-13-21(22)15-23)29-26(28)20-9-5-18(2)6-10-20;1-17-7-11-19(12-8-17)25(27)23-15-16-24(22-6-4-3-5-21(22)23)29-26(28)20-13-9-18(2)10-14-20;1-11-3-7-13(8-4-11)20(27)15-16(23)18(25)21(19(26)17(15)24)29-22(28)14-9-5-12(2)6-10-14;1-2/h2*3-16H,1-2H3;3-10H,1-2H3;1H2. The van der Waals surface area contributed by atoms with Crippen LogP contribution in [-0.4, -0.2) is 42.0 Å². The fraction of sp³-hybridized carbons (Fsp3) is 0.0800. The number of hydrogen-bond donors (Lipinski definition) is 0. The highest BCUT2D eigenvalue weighted by Crippen LogP contribution is 2.34. The van der Waals surface area contributed by atoms with E-state index in [0.29, 0.717) is 44.9 Å². The van der Waals surface area contributed by atoms with Crippen LogP contribution in [0, 0.1) is 64.8 Å². The first-order chi connectivity index (χ1) is 42.7. The highest BCUT2D eigenvalue weighted by atomic mass is 19.2. The summed E-state index contributed by atoms with van der Waals surface area (Å²) in [5.41, 5.74) is 7.84. The summed E-state index contributed by atoms with van der Waals surface area (Å²) in [6.07, 6.45) is 0. The van der Waals surface area contributed by atoms with Crippen molar-refractivity contribution in [1.82, 2.24) is 0 Å². The van der Waals surface area contributed by atoms with Gasteiger partial charge in [-0.1, -0.05) is 185 Å². The molecule has 11 rings (SSSR count). The molecule has 0 aliphatic carbocycles. The molecule has 0 saturated carbocycles. The summed E-state index contributed by atoms with van der Waals surface area (Å²) in [7, 11) is 0. The number of hydrogen-bond acceptors (Lipinski definition) is 10. The maximum Gasteiger partial charge on any atom is 0.343 e. The SMILES string of the molecule is C=O.Cc1ccc(C(=O)Oc2c(F)c(F)c(C(=O)c3ccc(C)cc3)c(F)c2F)cc1.Cc1ccc(C(=O)Oc2ccc(C(=O)c3ccc(C)cc3)c3ccccc23)cc1.Cc1ccc(C(=O)Oc2ccc3cc(C(=O)c4ccc(C)cc4)ccc3c2)cc1. The normalized spacial score (nSPS) is 10.5. The number of carbonyl (C=O) groups excluding carboxylic acids is 7. The second-order valence-corrected chi connectivity index (χ2v) is 20.7. The number of benzene rings is 11. The van der Waals surface area contributed by atoms with E-state index < -0.39 is 58.3 Å². The first kappa shape index (κ1) is 63.8. The minimum Gasteiger partial charge on any atom is -0.423 e. The lowest BCUT2D eigenvalue weighted by Gasteiger charge is -2.12. The van der Waals surface area contributed by atoms with Crippen molar-refractivity contribution in [3.8, 4) is 17.2 Å². The zero-order valence-electron chi connectivity index (χ0n) is 49.1. The van der Waals surface area contributed by atoms with Crippen molar-refractivity contribution in [2.24, 2.45) is 0 Å². The maximum absolute atomic E-state index is 14.4. The average Bonchev–Trinajstić information content (AvgIpc) is 1.23. The van der Waals surface area contributed by atoms with Crippen LogP contribution >= 0.6 is 0 Å². The number of ketones is 3. The Morgan fingerprint density at radius 2 is 0.663 bits per heavy atom. The van der Waals surface area contributed by atoms with Gasteiger partial charge in [0.1, 0.15) is 23.9 Å². The zero-order chi connectivity index (χ0) is 64.1. The third-order valence-corrected chi connectivity index (χ3v) is 14.1. The molecular formula is C75H56F4O10. The van der Waals surface area contributed by atoms with Gasteiger partial charge >= 0.3 is 17.9 Å². The summed E-state index contributed by atoms with van der Waals surface area (Å²) in [5, 5.41) is 3.30. The maximum atomic E-state index is 14.4. The van der Waals surface area contributed by atoms with E-state index in [4.69, 9.17) is 14.3 Å². The molecule has 10 nitrogen and oxygen atoms in total. The molecule has 0 N–H and O–H groups in total. The number of rotatable bonds is 12. The molecule has 11 aromatic rings. The summed E-state index contributed by atoms with van der Waals surface area (Å²) >= 11 is 0. The third kappa shape index (κ3) is 15.4. The summed E-state index contributed by atoms with van der Waals surface area (Å²) in [5.74, 6) is -11.8. The van der Waals surface area contributed by atoms with Gasteiger partial charge in [-0.05, 0) is 124 Å². The molecule has 0 radical (unpaired) electrons. The smallest absolute Gasteiger partial charge is 0.343 e. The van der Waals surface area contributed by atoms with E-state index in [1.807, 2.05) is 156 Å². The molecule has 444 valence electrons. The fourth-order valence-corrected chi connectivity index (χ4v) is 9.01. The second kappa shape index (κ2) is 28.8. The van der Waals surface area contributed by atoms with Crippen LogP contribution in [-0.2, 0) is 4.79 Å². The minimum atomic E-state index is -1.97. The number of ether oxygens (including phenoxy) is 3. The van der Waals surface area contributed by atoms with E-state index in [1.54, 1.807) is 74.5 Å². The van der Waals surface area contributed by atoms with Gasteiger partial charge in [-0.25, -0.2) is 23.2 Å². The summed E-state index contributed by atoms with van der Waals surface area (Å²) < 4.78 is 73.3. The Hall–Kier alpha value is -11.3. The van der Waals surface area contributed by atoms with E-state index in [2.05, 4.69) is 4.74 Å². The lowest BCUT2D eigenvalue weighted by molar-refractivity contribution is -0.0980. The van der Waals surface area contributed by atoms with Crippen LogP contribution in [0.25, 0.3) is 21.5 Å². The van der Waals surface area contributed by atoms with Gasteiger partial charge in [0.25, 0.3) is 0 Å². The first-order valence-corrected chi connectivity index (χ1v) is 27.6. The van der Waals surface area contributed by atoms with Crippen molar-refractivity contribution < 1.29 is 65.3 Å². The quantitative estimate of drug-likeness (QED) is 0.0381. The van der Waals surface area contributed by atoms with E-state index in [-0.39, 0.29) is 22.7 Å². The van der Waals surface area contributed by atoms with Gasteiger partial charge in [0.15, 0.2) is 29.0 Å². The molecule has 0 aliphatic rings. The molecule has 0 bridgehead atoms. The molecule has 11 aromatic carbocycles. The van der Waals surface area contributed by atoms with Crippen LogP contribution < -0.4 is 14.2 Å². The monoisotopic (exact) mass is 1190 g/mol. The highest BCUT2D eigenvalue weighted by molar-refractivity contribution is 6.17. The van der Waals surface area contributed by atoms with E-state index >= 15 is 0 Å². The van der Waals surface area contributed by atoms with Gasteiger partial charge < -0.3 is 19.0 Å². The van der Waals surface area contributed by atoms with Gasteiger partial charge in [0.05, 0.1) is 16.7 Å². The second-order valence-electron chi connectivity index (χ2n) is 20.7. The molecule has 0 atom stereocenters. The van der Waals surface area contributed by atoms with Gasteiger partial charge in [0, 0.05) is 33.2 Å². The van der Waals surface area contributed by atoms with Gasteiger partial charge in [0.2, 0.25) is 17.4 Å². The molecule has 0 fully saturated rings. The third-order valence-electron chi connectivity index (χ3n) is 14.1. The summed E-state index contributed by atoms with van der Waals surface area (Å²) in [6.45, 7) is 13.4. The lowest BCUT2D eigenvalue weighted by atomic mass is 9.96. The molecule has 14 heteroatoms. The number of esters is 3. The Morgan fingerprint density at radius 1 is 0.315 bits per heavy atom. The molecule has 0 aliphatic heterocycles. The fourth-order valence-electron chi connectivity index (χ4n) is 9.01. The summed E-state index contributed by atoms with van der Waals surface area (Å²) in [6, 6.07) is 62.7. The number of carbonyl (C=O) groups is 7. The van der Waals surface area contributed by atoms with Gasteiger partial charge in [-0.3, -0.25) is 14.4 Å². The predicted octanol–water partition coefficient (Wildman–Crippen LogP) is 16.9. The predicted molar refractivity (Wildman–Crippen MR) is 334 cm³/mol. The molecule has 0 aromatic heterocycles. The van der Waals surface area contributed by atoms with Crippen LogP contribution in [0.5, 0.6) is 17.2 Å². The molecule has 0 saturated heterocycles. The minimum absolute atomic E-state index is 0.0122. The van der Waals surface area contributed by atoms with Crippen LogP contribution in [0.1, 0.15) is 112 Å². The van der Waals surface area contributed by atoms with Crippen molar-refractivity contribution in [1.29, 1.82) is 0 Å². The highest BCUT2D eigenvalue weighted by Gasteiger charge is 2.32. The van der Waals surface area contributed by atoms with Crippen LogP contribution in [0.4, 0.5) is 17.6 Å². The number of aryl methyl sites for hydroxylation is 6. The molecule has 0 amide bonds. The van der Waals surface area contributed by atoms with Crippen molar-refractivity contribution in [3.63, 3.8) is 0 Å². The Kier molecular flexibility index (Phi) is 20.6. The van der Waals surface area contributed by atoms with Crippen molar-refractivity contribution >= 4 is 63.6 Å². The average molecular weight is 1190 g/mol. The molecule has 0 spiro atoms. The van der Waals surface area contributed by atoms with Crippen molar-refractivity contribution in [3.05, 3.63) is 325 Å². The van der Waals surface area contributed by atoms with Gasteiger partial charge in [-0.2, -0.15) is 8.78 Å².